The molecule has 1 aliphatic heterocycles. The second-order valence-corrected chi connectivity index (χ2v) is 5.73. The number of hydrogen-bond donors (Lipinski definition) is 0. The predicted molar refractivity (Wildman–Crippen MR) is 81.1 cm³/mol. The molecule has 0 saturated carbocycles. The van der Waals surface area contributed by atoms with Crippen molar-refractivity contribution in [2.24, 2.45) is 5.92 Å². The van der Waals surface area contributed by atoms with Crippen molar-refractivity contribution in [3.05, 3.63) is 35.9 Å². The molecular formula is C17H24O5. The van der Waals surface area contributed by atoms with Gasteiger partial charge in [-0.05, 0) is 18.9 Å². The Labute approximate surface area is 131 Å². The second-order valence-electron chi connectivity index (χ2n) is 5.73. The monoisotopic (exact) mass is 308 g/mol. The summed E-state index contributed by atoms with van der Waals surface area (Å²) in [6.45, 7) is 5.77. The molecule has 5 heteroatoms. The average Bonchev–Trinajstić information content (AvgIpc) is 2.53. The Hall–Kier alpha value is -1.43. The van der Waals surface area contributed by atoms with Gasteiger partial charge in [0, 0.05) is 19.4 Å². The highest BCUT2D eigenvalue weighted by atomic mass is 16.7. The Morgan fingerprint density at radius 3 is 2.59 bits per heavy atom. The fourth-order valence-electron chi connectivity index (χ4n) is 2.18. The van der Waals surface area contributed by atoms with Gasteiger partial charge in [0.05, 0.1) is 19.8 Å². The van der Waals surface area contributed by atoms with Crippen LogP contribution in [0.4, 0.5) is 0 Å². The molecule has 0 aliphatic carbocycles. The molecule has 0 N–H and O–H groups in total. The molecule has 1 aromatic carbocycles. The van der Waals surface area contributed by atoms with E-state index >= 15 is 0 Å². The maximum absolute atomic E-state index is 10.8. The van der Waals surface area contributed by atoms with E-state index in [1.54, 1.807) is 6.92 Å². The zero-order valence-electron chi connectivity index (χ0n) is 13.2. The first kappa shape index (κ1) is 16.9. The van der Waals surface area contributed by atoms with E-state index in [1.807, 2.05) is 30.3 Å². The highest BCUT2D eigenvalue weighted by Gasteiger charge is 2.34. The maximum Gasteiger partial charge on any atom is 0.302 e. The van der Waals surface area contributed by atoms with Gasteiger partial charge in [-0.25, -0.2) is 0 Å². The molecule has 2 rings (SSSR count). The van der Waals surface area contributed by atoms with Crippen molar-refractivity contribution in [2.45, 2.75) is 32.7 Å². The number of ether oxygens (including phenoxy) is 4. The molecule has 0 atom stereocenters. The van der Waals surface area contributed by atoms with Crippen LogP contribution in [0.2, 0.25) is 0 Å². The van der Waals surface area contributed by atoms with E-state index < -0.39 is 5.79 Å². The van der Waals surface area contributed by atoms with Crippen LogP contribution in [0.3, 0.4) is 0 Å². The first-order valence-electron chi connectivity index (χ1n) is 7.60. The summed E-state index contributed by atoms with van der Waals surface area (Å²) in [5.41, 5.74) is 1.17. The van der Waals surface area contributed by atoms with Crippen LogP contribution >= 0.6 is 0 Å². The van der Waals surface area contributed by atoms with Crippen LogP contribution in [0.15, 0.2) is 30.3 Å². The molecule has 0 bridgehead atoms. The fourth-order valence-corrected chi connectivity index (χ4v) is 2.18. The van der Waals surface area contributed by atoms with Gasteiger partial charge in [-0.15, -0.1) is 0 Å². The van der Waals surface area contributed by atoms with Crippen molar-refractivity contribution in [1.29, 1.82) is 0 Å². The van der Waals surface area contributed by atoms with Crippen LogP contribution in [-0.4, -0.2) is 38.2 Å². The van der Waals surface area contributed by atoms with Gasteiger partial charge in [0.15, 0.2) is 5.79 Å². The van der Waals surface area contributed by atoms with Crippen LogP contribution in [0, 0.1) is 5.92 Å². The first-order chi connectivity index (χ1) is 10.6. The number of hydrogen-bond acceptors (Lipinski definition) is 5. The summed E-state index contributed by atoms with van der Waals surface area (Å²) in [6.07, 6.45) is 0.885. The van der Waals surface area contributed by atoms with Crippen molar-refractivity contribution in [1.82, 2.24) is 0 Å². The second kappa shape index (κ2) is 8.27. The molecule has 1 saturated heterocycles. The zero-order valence-corrected chi connectivity index (χ0v) is 13.2. The Bertz CT molecular complexity index is 451. The van der Waals surface area contributed by atoms with Gasteiger partial charge in [0.25, 0.3) is 0 Å². The number of esters is 1. The van der Waals surface area contributed by atoms with Gasteiger partial charge in [-0.1, -0.05) is 30.3 Å². The minimum absolute atomic E-state index is 0.125. The van der Waals surface area contributed by atoms with Crippen LogP contribution in [0.5, 0.6) is 0 Å². The van der Waals surface area contributed by atoms with Gasteiger partial charge in [0.2, 0.25) is 0 Å². The lowest BCUT2D eigenvalue weighted by molar-refractivity contribution is -0.289. The van der Waals surface area contributed by atoms with E-state index in [2.05, 4.69) is 0 Å². The molecule has 1 heterocycles. The van der Waals surface area contributed by atoms with Crippen LogP contribution in [-0.2, 0) is 30.3 Å². The zero-order chi connectivity index (χ0) is 15.8. The molecule has 0 unspecified atom stereocenters. The molecule has 0 radical (unpaired) electrons. The molecule has 0 amide bonds. The third-order valence-electron chi connectivity index (χ3n) is 3.57. The van der Waals surface area contributed by atoms with E-state index in [0.717, 1.165) is 6.42 Å². The maximum atomic E-state index is 10.8. The van der Waals surface area contributed by atoms with Gasteiger partial charge in [-0.2, -0.15) is 0 Å². The SMILES string of the molecule is CC(=O)OCC1(C)OCC(CCOCc2ccccc2)CO1. The van der Waals surface area contributed by atoms with E-state index in [0.29, 0.717) is 32.3 Å². The van der Waals surface area contributed by atoms with Gasteiger partial charge >= 0.3 is 5.97 Å². The van der Waals surface area contributed by atoms with Gasteiger partial charge in [0.1, 0.15) is 6.61 Å². The summed E-state index contributed by atoms with van der Waals surface area (Å²) in [5.74, 6) is -0.849. The highest BCUT2D eigenvalue weighted by molar-refractivity contribution is 5.65. The third kappa shape index (κ3) is 5.75. The van der Waals surface area contributed by atoms with Crippen molar-refractivity contribution < 1.29 is 23.7 Å². The molecule has 0 spiro atoms. The van der Waals surface area contributed by atoms with E-state index in [4.69, 9.17) is 18.9 Å². The summed E-state index contributed by atoms with van der Waals surface area (Å²) < 4.78 is 22.0. The quantitative estimate of drug-likeness (QED) is 0.572. The number of carbonyl (C=O) groups excluding carboxylic acids is 1. The molecule has 1 aliphatic rings. The van der Waals surface area contributed by atoms with E-state index in [9.17, 15) is 4.79 Å². The highest BCUT2D eigenvalue weighted by Crippen LogP contribution is 2.23. The number of carbonyl (C=O) groups is 1. The lowest BCUT2D eigenvalue weighted by atomic mass is 10.1. The molecular weight excluding hydrogens is 284 g/mol. The third-order valence-corrected chi connectivity index (χ3v) is 3.57. The van der Waals surface area contributed by atoms with Crippen molar-refractivity contribution in [2.75, 3.05) is 26.4 Å². The predicted octanol–water partition coefficient (Wildman–Crippen LogP) is 2.54. The topological polar surface area (TPSA) is 54.0 Å². The normalized spacial score (nSPS) is 24.9. The molecule has 1 aromatic rings. The van der Waals surface area contributed by atoms with Crippen LogP contribution < -0.4 is 0 Å². The Balaban J connectivity index is 1.60. The lowest BCUT2D eigenvalue weighted by Gasteiger charge is -2.37. The van der Waals surface area contributed by atoms with Crippen LogP contribution in [0.25, 0.3) is 0 Å². The average molecular weight is 308 g/mol. The molecule has 0 aromatic heterocycles. The standard InChI is InChI=1S/C17H24O5/c1-14(18)20-13-17(2)21-11-16(12-22-17)8-9-19-10-15-6-4-3-5-7-15/h3-7,16H,8-13H2,1-2H3. The number of rotatable bonds is 7. The van der Waals surface area contributed by atoms with E-state index in [1.165, 1.54) is 12.5 Å². The van der Waals surface area contributed by atoms with Crippen LogP contribution in [0.1, 0.15) is 25.8 Å². The van der Waals surface area contributed by atoms with Crippen molar-refractivity contribution in [3.63, 3.8) is 0 Å². The van der Waals surface area contributed by atoms with Crippen molar-refractivity contribution in [3.8, 4) is 0 Å². The summed E-state index contributed by atoms with van der Waals surface area (Å²) in [7, 11) is 0. The Morgan fingerprint density at radius 1 is 1.27 bits per heavy atom. The lowest BCUT2D eigenvalue weighted by Crippen LogP contribution is -2.45. The summed E-state index contributed by atoms with van der Waals surface area (Å²) in [4.78, 5) is 10.8. The molecule has 1 fully saturated rings. The fraction of sp³-hybridized carbons (Fsp3) is 0.588. The Morgan fingerprint density at radius 2 is 1.95 bits per heavy atom. The van der Waals surface area contributed by atoms with E-state index in [-0.39, 0.29) is 12.6 Å². The minimum Gasteiger partial charge on any atom is -0.460 e. The summed E-state index contributed by atoms with van der Waals surface area (Å²) in [6, 6.07) is 10.1. The first-order valence-corrected chi connectivity index (χ1v) is 7.60. The number of benzene rings is 1. The molecule has 22 heavy (non-hydrogen) atoms. The van der Waals surface area contributed by atoms with Gasteiger partial charge in [-0.3, -0.25) is 4.79 Å². The molecule has 122 valence electrons. The summed E-state index contributed by atoms with van der Waals surface area (Å²) in [5, 5.41) is 0. The minimum atomic E-state index is -0.826. The Kier molecular flexibility index (Phi) is 6.36. The van der Waals surface area contributed by atoms with Gasteiger partial charge < -0.3 is 18.9 Å². The smallest absolute Gasteiger partial charge is 0.302 e. The van der Waals surface area contributed by atoms with Crippen molar-refractivity contribution >= 4 is 5.97 Å². The largest absolute Gasteiger partial charge is 0.460 e. The molecule has 5 nitrogen and oxygen atoms in total. The summed E-state index contributed by atoms with van der Waals surface area (Å²) >= 11 is 0.